The topological polar surface area (TPSA) is 34.9 Å². The molecule has 142 valence electrons. The van der Waals surface area contributed by atoms with Gasteiger partial charge in [0.25, 0.3) is 0 Å². The first kappa shape index (κ1) is 18.8. The Morgan fingerprint density at radius 2 is 1.72 bits per heavy atom. The average molecular weight is 403 g/mol. The van der Waals surface area contributed by atoms with Crippen LogP contribution < -0.4 is 0 Å². The molecule has 3 nitrogen and oxygen atoms in total. The lowest BCUT2D eigenvalue weighted by atomic mass is 10.1. The van der Waals surface area contributed by atoms with Gasteiger partial charge in [0.1, 0.15) is 5.82 Å². The molecule has 1 aromatic heterocycles. The number of para-hydroxylation sites is 1. The smallest absolute Gasteiger partial charge is 0.185 e. The van der Waals surface area contributed by atoms with Crippen LogP contribution in [0.3, 0.4) is 0 Å². The highest BCUT2D eigenvalue weighted by Gasteiger charge is 2.11. The van der Waals surface area contributed by atoms with Crippen molar-refractivity contribution in [3.8, 4) is 16.9 Å². The third-order valence-electron chi connectivity index (χ3n) is 4.40. The molecule has 0 bridgehead atoms. The molecular formula is C24H16ClFN2O. The van der Waals surface area contributed by atoms with Crippen LogP contribution in [0.5, 0.6) is 0 Å². The number of benzene rings is 3. The van der Waals surface area contributed by atoms with Crippen molar-refractivity contribution in [2.45, 2.75) is 0 Å². The molecule has 29 heavy (non-hydrogen) atoms. The standard InChI is InChI=1S/C24H16ClFN2O/c25-20-6-4-5-18(15-20)23(29)14-11-19-16-28(22-7-2-1-3-8-22)27-24(19)17-9-12-21(26)13-10-17/h1-16H/b14-11+. The molecule has 0 aliphatic heterocycles. The molecule has 0 amide bonds. The molecule has 3 aromatic carbocycles. The number of hydrogen-bond donors (Lipinski definition) is 0. The number of hydrogen-bond acceptors (Lipinski definition) is 2. The Kier molecular flexibility index (Phi) is 5.36. The minimum atomic E-state index is -0.315. The summed E-state index contributed by atoms with van der Waals surface area (Å²) in [5.41, 5.74) is 3.56. The maximum atomic E-state index is 13.4. The van der Waals surface area contributed by atoms with Crippen LogP contribution in [0.15, 0.2) is 91.1 Å². The number of carbonyl (C=O) groups is 1. The second-order valence-electron chi connectivity index (χ2n) is 6.43. The van der Waals surface area contributed by atoms with Crippen LogP contribution in [-0.4, -0.2) is 15.6 Å². The number of nitrogens with zero attached hydrogens (tertiary/aromatic N) is 2. The lowest BCUT2D eigenvalue weighted by Gasteiger charge is -2.00. The molecule has 0 atom stereocenters. The molecule has 0 saturated carbocycles. The zero-order valence-corrected chi connectivity index (χ0v) is 16.1. The fourth-order valence-electron chi connectivity index (χ4n) is 2.96. The first-order valence-electron chi connectivity index (χ1n) is 8.99. The van der Waals surface area contributed by atoms with E-state index in [-0.39, 0.29) is 11.6 Å². The van der Waals surface area contributed by atoms with Crippen molar-refractivity contribution < 1.29 is 9.18 Å². The van der Waals surface area contributed by atoms with Gasteiger partial charge >= 0.3 is 0 Å². The Bertz CT molecular complexity index is 1180. The Balaban J connectivity index is 1.73. The maximum Gasteiger partial charge on any atom is 0.185 e. The van der Waals surface area contributed by atoms with E-state index in [0.717, 1.165) is 16.8 Å². The van der Waals surface area contributed by atoms with Crippen molar-refractivity contribution in [1.29, 1.82) is 0 Å². The highest BCUT2D eigenvalue weighted by atomic mass is 35.5. The van der Waals surface area contributed by atoms with Gasteiger partial charge in [-0.25, -0.2) is 9.07 Å². The van der Waals surface area contributed by atoms with Crippen LogP contribution in [-0.2, 0) is 0 Å². The van der Waals surface area contributed by atoms with E-state index < -0.39 is 0 Å². The molecule has 5 heteroatoms. The first-order chi connectivity index (χ1) is 14.1. The summed E-state index contributed by atoms with van der Waals surface area (Å²) in [5, 5.41) is 5.16. The summed E-state index contributed by atoms with van der Waals surface area (Å²) in [7, 11) is 0. The molecule has 4 rings (SSSR count). The number of allylic oxidation sites excluding steroid dienone is 1. The molecule has 0 radical (unpaired) electrons. The lowest BCUT2D eigenvalue weighted by molar-refractivity contribution is 0.104. The van der Waals surface area contributed by atoms with Gasteiger partial charge in [0, 0.05) is 27.9 Å². The van der Waals surface area contributed by atoms with Crippen LogP contribution in [0.2, 0.25) is 5.02 Å². The van der Waals surface area contributed by atoms with Gasteiger partial charge in [0.05, 0.1) is 11.4 Å². The van der Waals surface area contributed by atoms with E-state index >= 15 is 0 Å². The minimum Gasteiger partial charge on any atom is -0.289 e. The third-order valence-corrected chi connectivity index (χ3v) is 4.64. The van der Waals surface area contributed by atoms with Crippen molar-refractivity contribution in [2.24, 2.45) is 0 Å². The Hall–Kier alpha value is -3.50. The van der Waals surface area contributed by atoms with Crippen LogP contribution >= 0.6 is 11.6 Å². The monoisotopic (exact) mass is 402 g/mol. The van der Waals surface area contributed by atoms with Gasteiger partial charge in [-0.3, -0.25) is 4.79 Å². The lowest BCUT2D eigenvalue weighted by Crippen LogP contribution is -1.94. The summed E-state index contributed by atoms with van der Waals surface area (Å²) in [6, 6.07) is 22.6. The molecule has 4 aromatic rings. The van der Waals surface area contributed by atoms with E-state index in [2.05, 4.69) is 5.10 Å². The van der Waals surface area contributed by atoms with Crippen molar-refractivity contribution in [3.05, 3.63) is 113 Å². The Morgan fingerprint density at radius 1 is 0.966 bits per heavy atom. The highest BCUT2D eigenvalue weighted by Crippen LogP contribution is 2.25. The molecule has 1 heterocycles. The van der Waals surface area contributed by atoms with Crippen LogP contribution in [0.1, 0.15) is 15.9 Å². The highest BCUT2D eigenvalue weighted by molar-refractivity contribution is 6.31. The second kappa shape index (κ2) is 8.25. The largest absolute Gasteiger partial charge is 0.289 e. The Morgan fingerprint density at radius 3 is 2.45 bits per heavy atom. The summed E-state index contributed by atoms with van der Waals surface area (Å²) in [5.74, 6) is -0.477. The maximum absolute atomic E-state index is 13.4. The van der Waals surface area contributed by atoms with E-state index in [1.807, 2.05) is 36.5 Å². The van der Waals surface area contributed by atoms with E-state index in [4.69, 9.17) is 11.6 Å². The average Bonchev–Trinajstić information content (AvgIpc) is 3.17. The van der Waals surface area contributed by atoms with Crippen LogP contribution in [0.4, 0.5) is 4.39 Å². The summed E-state index contributed by atoms with van der Waals surface area (Å²) < 4.78 is 15.1. The molecule has 0 aliphatic carbocycles. The van der Waals surface area contributed by atoms with Gasteiger partial charge in [-0.2, -0.15) is 5.10 Å². The number of rotatable bonds is 5. The Labute approximate surface area is 172 Å². The van der Waals surface area contributed by atoms with Gasteiger partial charge in [-0.1, -0.05) is 41.9 Å². The van der Waals surface area contributed by atoms with Gasteiger partial charge in [-0.15, -0.1) is 0 Å². The summed E-state index contributed by atoms with van der Waals surface area (Å²) in [4.78, 5) is 12.5. The second-order valence-corrected chi connectivity index (χ2v) is 6.86. The van der Waals surface area contributed by atoms with Crippen LogP contribution in [0, 0.1) is 5.82 Å². The third kappa shape index (κ3) is 4.33. The van der Waals surface area contributed by atoms with E-state index in [0.29, 0.717) is 16.3 Å². The summed E-state index contributed by atoms with van der Waals surface area (Å²) in [6.45, 7) is 0. The number of halogens is 2. The zero-order chi connectivity index (χ0) is 20.2. The van der Waals surface area contributed by atoms with Gasteiger partial charge in [0.2, 0.25) is 0 Å². The quantitative estimate of drug-likeness (QED) is 0.293. The van der Waals surface area contributed by atoms with Crippen molar-refractivity contribution in [2.75, 3.05) is 0 Å². The van der Waals surface area contributed by atoms with Crippen molar-refractivity contribution in [3.63, 3.8) is 0 Å². The molecule has 0 N–H and O–H groups in total. The fraction of sp³-hybridized carbons (Fsp3) is 0. The van der Waals surface area contributed by atoms with E-state index in [1.54, 1.807) is 47.2 Å². The molecule has 0 fully saturated rings. The van der Waals surface area contributed by atoms with Gasteiger partial charge in [0.15, 0.2) is 5.78 Å². The molecule has 0 aliphatic rings. The summed E-state index contributed by atoms with van der Waals surface area (Å²) in [6.07, 6.45) is 5.05. The number of carbonyl (C=O) groups excluding carboxylic acids is 1. The predicted octanol–water partition coefficient (Wildman–Crippen LogP) is 6.23. The minimum absolute atomic E-state index is 0.162. The predicted molar refractivity (Wildman–Crippen MR) is 114 cm³/mol. The normalized spacial score (nSPS) is 11.1. The van der Waals surface area contributed by atoms with Gasteiger partial charge < -0.3 is 0 Å². The van der Waals surface area contributed by atoms with Crippen molar-refractivity contribution in [1.82, 2.24) is 9.78 Å². The van der Waals surface area contributed by atoms with Crippen molar-refractivity contribution >= 4 is 23.5 Å². The number of aromatic nitrogens is 2. The SMILES string of the molecule is O=C(/C=C/c1cn(-c2ccccc2)nc1-c1ccc(F)cc1)c1cccc(Cl)c1. The number of ketones is 1. The van der Waals surface area contributed by atoms with Gasteiger partial charge in [-0.05, 0) is 60.7 Å². The molecule has 0 spiro atoms. The zero-order valence-electron chi connectivity index (χ0n) is 15.3. The van der Waals surface area contributed by atoms with Crippen LogP contribution in [0.25, 0.3) is 23.0 Å². The molecule has 0 saturated heterocycles. The fourth-order valence-corrected chi connectivity index (χ4v) is 3.15. The molecular weight excluding hydrogens is 387 g/mol. The van der Waals surface area contributed by atoms with E-state index in [9.17, 15) is 9.18 Å². The molecule has 0 unspecified atom stereocenters. The summed E-state index contributed by atoms with van der Waals surface area (Å²) >= 11 is 5.97. The first-order valence-corrected chi connectivity index (χ1v) is 9.37. The van der Waals surface area contributed by atoms with E-state index in [1.165, 1.54) is 18.2 Å².